The monoisotopic (exact) mass is 509 g/mol. The van der Waals surface area contributed by atoms with Crippen LogP contribution in [0.5, 0.6) is 23.0 Å². The summed E-state index contributed by atoms with van der Waals surface area (Å²) in [7, 11) is 2.82. The Bertz CT molecular complexity index is 1230. The Labute approximate surface area is 215 Å². The molecular weight excluding hydrogens is 478 g/mol. The third-order valence-corrected chi connectivity index (χ3v) is 6.21. The van der Waals surface area contributed by atoms with Gasteiger partial charge in [0, 0.05) is 30.8 Å². The summed E-state index contributed by atoms with van der Waals surface area (Å²) in [6, 6.07) is 8.22. The topological polar surface area (TPSA) is 104 Å². The number of aromatic hydroxyl groups is 1. The molecule has 0 saturated carbocycles. The summed E-state index contributed by atoms with van der Waals surface area (Å²) in [6.45, 7) is 8.42. The first-order chi connectivity index (χ1) is 17.8. The van der Waals surface area contributed by atoms with Gasteiger partial charge in [-0.15, -0.1) is 0 Å². The highest BCUT2D eigenvalue weighted by Gasteiger charge is 2.36. The molecule has 196 valence electrons. The van der Waals surface area contributed by atoms with Gasteiger partial charge in [-0.3, -0.25) is 9.59 Å². The fraction of sp³-hybridized carbons (Fsp3) is 0.357. The van der Waals surface area contributed by atoms with E-state index in [1.54, 1.807) is 24.4 Å². The lowest BCUT2D eigenvalue weighted by Gasteiger charge is -2.25. The molecule has 9 heteroatoms. The molecule has 1 atom stereocenters. The standard InChI is InChI=1S/C28H31NO8/c1-17(2)16-36-22-8-5-18(13-23(22)33-3)20(14-25(31)34-4)26-21(30)7-6-19-27(32)24(37-28(19)26)15-29-9-11-35-12-10-29/h5-8,13,15,20,30H,1,9-12,14,16H2,2-4H3/b24-15-. The van der Waals surface area contributed by atoms with Crippen LogP contribution in [0.1, 0.15) is 40.7 Å². The molecule has 2 heterocycles. The molecule has 0 spiro atoms. The number of nitrogens with zero attached hydrogens (tertiary/aromatic N) is 1. The summed E-state index contributed by atoms with van der Waals surface area (Å²) < 4.78 is 27.7. The lowest BCUT2D eigenvalue weighted by atomic mass is 9.86. The van der Waals surface area contributed by atoms with Crippen molar-refractivity contribution in [3.63, 3.8) is 0 Å². The fourth-order valence-electron chi connectivity index (χ4n) is 4.32. The third kappa shape index (κ3) is 5.72. The Morgan fingerprint density at radius 1 is 1.19 bits per heavy atom. The minimum absolute atomic E-state index is 0.101. The molecule has 4 rings (SSSR count). The molecule has 0 aliphatic carbocycles. The summed E-state index contributed by atoms with van der Waals surface area (Å²) in [5.41, 5.74) is 2.13. The maximum absolute atomic E-state index is 13.2. The number of benzene rings is 2. The molecule has 1 fully saturated rings. The lowest BCUT2D eigenvalue weighted by Crippen LogP contribution is -2.32. The molecule has 0 radical (unpaired) electrons. The summed E-state index contributed by atoms with van der Waals surface area (Å²) in [4.78, 5) is 27.6. The zero-order chi connectivity index (χ0) is 26.5. The van der Waals surface area contributed by atoms with Crippen LogP contribution in [0.25, 0.3) is 0 Å². The summed E-state index contributed by atoms with van der Waals surface area (Å²) in [6.07, 6.45) is 1.58. The largest absolute Gasteiger partial charge is 0.508 e. The summed E-state index contributed by atoms with van der Waals surface area (Å²) in [5.74, 6) is -0.239. The van der Waals surface area contributed by atoms with Crippen LogP contribution >= 0.6 is 0 Å². The number of allylic oxidation sites excluding steroid dienone is 1. The predicted molar refractivity (Wildman–Crippen MR) is 135 cm³/mol. The van der Waals surface area contributed by atoms with Crippen molar-refractivity contribution in [3.05, 3.63) is 71.1 Å². The van der Waals surface area contributed by atoms with Crippen molar-refractivity contribution in [2.75, 3.05) is 47.1 Å². The van der Waals surface area contributed by atoms with E-state index in [1.807, 2.05) is 11.8 Å². The zero-order valence-electron chi connectivity index (χ0n) is 21.2. The molecule has 1 N–H and O–H groups in total. The number of Topliss-reactive ketones (excluding diaryl/α,β-unsaturated/α-hetero) is 1. The second kappa shape index (κ2) is 11.4. The van der Waals surface area contributed by atoms with E-state index in [9.17, 15) is 14.7 Å². The van der Waals surface area contributed by atoms with Crippen LogP contribution in [0.15, 0.2) is 54.4 Å². The number of carbonyl (C=O) groups is 2. The normalized spacial score (nSPS) is 16.7. The molecule has 1 saturated heterocycles. The van der Waals surface area contributed by atoms with Gasteiger partial charge in [0.05, 0.1) is 39.4 Å². The minimum atomic E-state index is -0.693. The van der Waals surface area contributed by atoms with E-state index >= 15 is 0 Å². The van der Waals surface area contributed by atoms with Crippen LogP contribution in [-0.4, -0.2) is 68.9 Å². The van der Waals surface area contributed by atoms with E-state index in [1.165, 1.54) is 26.4 Å². The Morgan fingerprint density at radius 2 is 1.95 bits per heavy atom. The molecular formula is C28H31NO8. The molecule has 2 aromatic rings. The molecule has 2 aliphatic heterocycles. The molecule has 1 unspecified atom stereocenters. The van der Waals surface area contributed by atoms with E-state index in [2.05, 4.69) is 6.58 Å². The first-order valence-electron chi connectivity index (χ1n) is 12.0. The van der Waals surface area contributed by atoms with E-state index in [4.69, 9.17) is 23.7 Å². The number of phenolic OH excluding ortho intramolecular Hbond substituents is 1. The summed E-state index contributed by atoms with van der Waals surface area (Å²) >= 11 is 0. The van der Waals surface area contributed by atoms with Crippen LogP contribution < -0.4 is 14.2 Å². The highest BCUT2D eigenvalue weighted by molar-refractivity contribution is 6.12. The molecule has 0 amide bonds. The van der Waals surface area contributed by atoms with Gasteiger partial charge in [-0.1, -0.05) is 12.6 Å². The Hall–Kier alpha value is -3.98. The number of fused-ring (bicyclic) bond motifs is 1. The van der Waals surface area contributed by atoms with Gasteiger partial charge in [0.15, 0.2) is 17.3 Å². The minimum Gasteiger partial charge on any atom is -0.508 e. The van der Waals surface area contributed by atoms with Crippen LogP contribution in [0, 0.1) is 0 Å². The van der Waals surface area contributed by atoms with Crippen LogP contribution in [0.3, 0.4) is 0 Å². The van der Waals surface area contributed by atoms with Crippen molar-refractivity contribution >= 4 is 11.8 Å². The first kappa shape index (κ1) is 26.1. The van der Waals surface area contributed by atoms with E-state index in [-0.39, 0.29) is 29.5 Å². The van der Waals surface area contributed by atoms with Gasteiger partial charge in [-0.25, -0.2) is 0 Å². The van der Waals surface area contributed by atoms with Crippen molar-refractivity contribution in [1.29, 1.82) is 0 Å². The predicted octanol–water partition coefficient (Wildman–Crippen LogP) is 3.80. The average molecular weight is 510 g/mol. The smallest absolute Gasteiger partial charge is 0.306 e. The maximum Gasteiger partial charge on any atom is 0.306 e. The molecule has 0 bridgehead atoms. The Morgan fingerprint density at radius 3 is 2.62 bits per heavy atom. The lowest BCUT2D eigenvalue weighted by molar-refractivity contribution is -0.140. The molecule has 37 heavy (non-hydrogen) atoms. The van der Waals surface area contributed by atoms with Gasteiger partial charge in [0.1, 0.15) is 18.1 Å². The second-order valence-corrected chi connectivity index (χ2v) is 8.94. The van der Waals surface area contributed by atoms with E-state index in [0.717, 1.165) is 5.57 Å². The number of ether oxygens (including phenoxy) is 5. The van der Waals surface area contributed by atoms with Gasteiger partial charge in [-0.2, -0.15) is 0 Å². The van der Waals surface area contributed by atoms with Crippen LogP contribution in [0.4, 0.5) is 0 Å². The molecule has 0 aromatic heterocycles. The number of hydrogen-bond donors (Lipinski definition) is 1. The fourth-order valence-corrected chi connectivity index (χ4v) is 4.32. The Balaban J connectivity index is 1.76. The number of methoxy groups -OCH3 is 2. The number of esters is 1. The van der Waals surface area contributed by atoms with Gasteiger partial charge < -0.3 is 33.7 Å². The second-order valence-electron chi connectivity index (χ2n) is 8.94. The molecule has 2 aromatic carbocycles. The number of ketones is 1. The third-order valence-electron chi connectivity index (χ3n) is 6.21. The SMILES string of the molecule is C=C(C)COc1ccc(C(CC(=O)OC)c2c(O)ccc3c2O/C(=C\N2CCOCC2)C3=O)cc1OC. The average Bonchev–Trinajstić information content (AvgIpc) is 3.21. The van der Waals surface area contributed by atoms with Gasteiger partial charge in [-0.05, 0) is 42.3 Å². The van der Waals surface area contributed by atoms with Crippen molar-refractivity contribution in [2.24, 2.45) is 0 Å². The van der Waals surface area contributed by atoms with Gasteiger partial charge in [0.25, 0.3) is 0 Å². The van der Waals surface area contributed by atoms with Crippen molar-refractivity contribution in [3.8, 4) is 23.0 Å². The van der Waals surface area contributed by atoms with Gasteiger partial charge in [0.2, 0.25) is 5.78 Å². The summed E-state index contributed by atoms with van der Waals surface area (Å²) in [5, 5.41) is 11.0. The van der Waals surface area contributed by atoms with Gasteiger partial charge >= 0.3 is 5.97 Å². The number of rotatable bonds is 9. The molecule has 9 nitrogen and oxygen atoms in total. The highest BCUT2D eigenvalue weighted by atomic mass is 16.5. The van der Waals surface area contributed by atoms with Crippen LogP contribution in [0.2, 0.25) is 0 Å². The van der Waals surface area contributed by atoms with Crippen LogP contribution in [-0.2, 0) is 14.3 Å². The maximum atomic E-state index is 13.2. The first-order valence-corrected chi connectivity index (χ1v) is 12.0. The van der Waals surface area contributed by atoms with E-state index < -0.39 is 11.9 Å². The van der Waals surface area contributed by atoms with Crippen molar-refractivity contribution < 1.29 is 38.4 Å². The van der Waals surface area contributed by atoms with E-state index in [0.29, 0.717) is 61.1 Å². The zero-order valence-corrected chi connectivity index (χ0v) is 21.2. The number of carbonyl (C=O) groups excluding carboxylic acids is 2. The number of morpholine rings is 1. The van der Waals surface area contributed by atoms with Crippen molar-refractivity contribution in [1.82, 2.24) is 4.90 Å². The quantitative estimate of drug-likeness (QED) is 0.307. The highest BCUT2D eigenvalue weighted by Crippen LogP contribution is 2.47. The number of phenols is 1. The van der Waals surface area contributed by atoms with Crippen molar-refractivity contribution in [2.45, 2.75) is 19.3 Å². The Kier molecular flexibility index (Phi) is 8.03. The molecule has 2 aliphatic rings. The number of hydrogen-bond acceptors (Lipinski definition) is 9.